The maximum atomic E-state index is 6.33. The Morgan fingerprint density at radius 1 is 0.955 bits per heavy atom. The first-order valence-electron chi connectivity index (χ1n) is 6.88. The van der Waals surface area contributed by atoms with Gasteiger partial charge in [-0.3, -0.25) is 0 Å². The Labute approximate surface area is 144 Å². The van der Waals surface area contributed by atoms with Gasteiger partial charge in [-0.05, 0) is 42.3 Å². The van der Waals surface area contributed by atoms with Crippen molar-refractivity contribution >= 4 is 34.8 Å². The van der Waals surface area contributed by atoms with Crippen molar-refractivity contribution in [3.8, 4) is 16.9 Å². The molecule has 0 unspecified atom stereocenters. The number of halogens is 3. The van der Waals surface area contributed by atoms with Crippen molar-refractivity contribution in [3.05, 3.63) is 69.3 Å². The molecule has 0 amide bonds. The van der Waals surface area contributed by atoms with E-state index in [9.17, 15) is 0 Å². The normalized spacial score (nSPS) is 10.9. The third-order valence-corrected chi connectivity index (χ3v) is 4.27. The molecule has 0 atom stereocenters. The molecule has 0 N–H and O–H groups in total. The zero-order valence-electron chi connectivity index (χ0n) is 11.9. The van der Waals surface area contributed by atoms with Crippen molar-refractivity contribution in [2.24, 2.45) is 0 Å². The third-order valence-electron chi connectivity index (χ3n) is 3.48. The molecule has 0 fully saturated rings. The highest BCUT2D eigenvalue weighted by Crippen LogP contribution is 2.31. The van der Waals surface area contributed by atoms with Gasteiger partial charge in [-0.1, -0.05) is 53.9 Å². The van der Waals surface area contributed by atoms with Gasteiger partial charge in [0.05, 0.1) is 22.6 Å². The lowest BCUT2D eigenvalue weighted by Crippen LogP contribution is -2.01. The van der Waals surface area contributed by atoms with E-state index < -0.39 is 0 Å². The number of hydrogen-bond acceptors (Lipinski definition) is 1. The predicted molar refractivity (Wildman–Crippen MR) is 93.4 cm³/mol. The smallest absolute Gasteiger partial charge is 0.0840 e. The number of nitrogens with zero attached hydrogens (tertiary/aromatic N) is 2. The molecule has 3 rings (SSSR count). The minimum absolute atomic E-state index is 0.563. The van der Waals surface area contributed by atoms with Crippen molar-refractivity contribution in [2.75, 3.05) is 0 Å². The summed E-state index contributed by atoms with van der Waals surface area (Å²) in [5, 5.41) is 6.37. The van der Waals surface area contributed by atoms with Crippen LogP contribution < -0.4 is 0 Å². The van der Waals surface area contributed by atoms with Crippen LogP contribution in [-0.4, -0.2) is 9.78 Å². The van der Waals surface area contributed by atoms with Gasteiger partial charge in [0.1, 0.15) is 0 Å². The van der Waals surface area contributed by atoms with Crippen LogP contribution in [0.25, 0.3) is 16.9 Å². The van der Waals surface area contributed by atoms with Crippen LogP contribution in [0.1, 0.15) is 12.5 Å². The molecule has 0 bridgehead atoms. The van der Waals surface area contributed by atoms with E-state index in [1.54, 1.807) is 6.07 Å². The number of hydrogen-bond donors (Lipinski definition) is 0. The zero-order chi connectivity index (χ0) is 15.7. The summed E-state index contributed by atoms with van der Waals surface area (Å²) in [4.78, 5) is 0. The Kier molecular flexibility index (Phi) is 4.44. The second-order valence-electron chi connectivity index (χ2n) is 4.89. The quantitative estimate of drug-likeness (QED) is 0.560. The number of rotatable bonds is 3. The van der Waals surface area contributed by atoms with E-state index in [1.807, 2.05) is 47.3 Å². The molecule has 0 aliphatic heterocycles. The molecule has 0 saturated heterocycles. The van der Waals surface area contributed by atoms with E-state index in [-0.39, 0.29) is 0 Å². The molecule has 0 aliphatic rings. The lowest BCUT2D eigenvalue weighted by Gasteiger charge is -2.11. The van der Waals surface area contributed by atoms with Crippen LogP contribution in [0.3, 0.4) is 0 Å². The largest absolute Gasteiger partial charge is 0.231 e. The molecular formula is C17H13Cl3N2. The second kappa shape index (κ2) is 6.33. The lowest BCUT2D eigenvalue weighted by molar-refractivity contribution is 0.888. The molecule has 0 saturated carbocycles. The highest BCUT2D eigenvalue weighted by atomic mass is 35.5. The predicted octanol–water partition coefficient (Wildman–Crippen LogP) is 6.06. The maximum Gasteiger partial charge on any atom is 0.0840 e. The number of aryl methyl sites for hydroxylation is 1. The highest BCUT2D eigenvalue weighted by molar-refractivity contribution is 6.35. The topological polar surface area (TPSA) is 17.8 Å². The SMILES string of the molecule is CCc1cnn(-c2ccc(Cl)cc2Cl)c1-c1ccc(Cl)cc1. The zero-order valence-corrected chi connectivity index (χ0v) is 14.1. The van der Waals surface area contributed by atoms with Gasteiger partial charge in [0.15, 0.2) is 0 Å². The van der Waals surface area contributed by atoms with E-state index in [2.05, 4.69) is 12.0 Å². The Balaban J connectivity index is 2.21. The first-order chi connectivity index (χ1) is 10.6. The van der Waals surface area contributed by atoms with Crippen molar-refractivity contribution in [1.29, 1.82) is 0 Å². The summed E-state index contributed by atoms with van der Waals surface area (Å²) in [5.41, 5.74) is 4.01. The van der Waals surface area contributed by atoms with Gasteiger partial charge in [0, 0.05) is 15.6 Å². The summed E-state index contributed by atoms with van der Waals surface area (Å²) in [6.45, 7) is 2.10. The van der Waals surface area contributed by atoms with Gasteiger partial charge in [0.25, 0.3) is 0 Å². The highest BCUT2D eigenvalue weighted by Gasteiger charge is 2.15. The summed E-state index contributed by atoms with van der Waals surface area (Å²) in [7, 11) is 0. The van der Waals surface area contributed by atoms with Gasteiger partial charge in [0.2, 0.25) is 0 Å². The second-order valence-corrected chi connectivity index (χ2v) is 6.17. The van der Waals surface area contributed by atoms with Gasteiger partial charge in [-0.25, -0.2) is 4.68 Å². The standard InChI is InChI=1S/C17H13Cl3N2/c1-2-11-10-21-22(16-8-7-14(19)9-15(16)20)17(11)12-3-5-13(18)6-4-12/h3-10H,2H2,1H3. The van der Waals surface area contributed by atoms with Gasteiger partial charge >= 0.3 is 0 Å². The fraction of sp³-hybridized carbons (Fsp3) is 0.118. The van der Waals surface area contributed by atoms with E-state index in [0.717, 1.165) is 28.9 Å². The molecular weight excluding hydrogens is 339 g/mol. The van der Waals surface area contributed by atoms with Crippen molar-refractivity contribution in [2.45, 2.75) is 13.3 Å². The van der Waals surface area contributed by atoms with Gasteiger partial charge < -0.3 is 0 Å². The fourth-order valence-corrected chi connectivity index (χ4v) is 3.01. The Bertz CT molecular complexity index is 807. The van der Waals surface area contributed by atoms with Crippen LogP contribution in [0.15, 0.2) is 48.7 Å². The van der Waals surface area contributed by atoms with Crippen LogP contribution in [0.5, 0.6) is 0 Å². The Morgan fingerprint density at radius 3 is 2.27 bits per heavy atom. The fourth-order valence-electron chi connectivity index (χ4n) is 2.39. The van der Waals surface area contributed by atoms with E-state index in [4.69, 9.17) is 34.8 Å². The van der Waals surface area contributed by atoms with Crippen LogP contribution in [-0.2, 0) is 6.42 Å². The van der Waals surface area contributed by atoms with Crippen LogP contribution in [0.4, 0.5) is 0 Å². The van der Waals surface area contributed by atoms with Crippen LogP contribution in [0.2, 0.25) is 15.1 Å². The maximum absolute atomic E-state index is 6.33. The molecule has 112 valence electrons. The summed E-state index contributed by atoms with van der Waals surface area (Å²) < 4.78 is 1.85. The van der Waals surface area contributed by atoms with Crippen molar-refractivity contribution in [3.63, 3.8) is 0 Å². The number of benzene rings is 2. The summed E-state index contributed by atoms with van der Waals surface area (Å²) in [6.07, 6.45) is 2.75. The molecule has 2 nitrogen and oxygen atoms in total. The lowest BCUT2D eigenvalue weighted by atomic mass is 10.1. The van der Waals surface area contributed by atoms with Crippen LogP contribution >= 0.6 is 34.8 Å². The van der Waals surface area contributed by atoms with Gasteiger partial charge in [-0.2, -0.15) is 5.10 Å². The Morgan fingerprint density at radius 2 is 1.64 bits per heavy atom. The molecule has 22 heavy (non-hydrogen) atoms. The first-order valence-corrected chi connectivity index (χ1v) is 8.01. The molecule has 0 aliphatic carbocycles. The van der Waals surface area contributed by atoms with Crippen LogP contribution in [0, 0.1) is 0 Å². The average molecular weight is 352 g/mol. The van der Waals surface area contributed by atoms with E-state index in [1.165, 1.54) is 0 Å². The average Bonchev–Trinajstić information content (AvgIpc) is 2.92. The summed E-state index contributed by atoms with van der Waals surface area (Å²) >= 11 is 18.3. The molecule has 1 aromatic heterocycles. The molecule has 3 aromatic rings. The third kappa shape index (κ3) is 2.87. The minimum Gasteiger partial charge on any atom is -0.231 e. The first kappa shape index (κ1) is 15.4. The molecule has 0 radical (unpaired) electrons. The minimum atomic E-state index is 0.563. The van der Waals surface area contributed by atoms with Gasteiger partial charge in [-0.15, -0.1) is 0 Å². The summed E-state index contributed by atoms with van der Waals surface area (Å²) in [5.74, 6) is 0. The van der Waals surface area contributed by atoms with Crippen molar-refractivity contribution < 1.29 is 0 Å². The monoisotopic (exact) mass is 350 g/mol. The summed E-state index contributed by atoms with van der Waals surface area (Å²) in [6, 6.07) is 13.1. The molecule has 0 spiro atoms. The van der Waals surface area contributed by atoms with Crippen molar-refractivity contribution in [1.82, 2.24) is 9.78 Å². The van der Waals surface area contributed by atoms with E-state index in [0.29, 0.717) is 15.1 Å². The van der Waals surface area contributed by atoms with E-state index >= 15 is 0 Å². The Hall–Kier alpha value is -1.48. The molecule has 2 aromatic carbocycles. The molecule has 5 heteroatoms. The number of aromatic nitrogens is 2. The molecule has 1 heterocycles.